The first-order valence-electron chi connectivity index (χ1n) is 6.63. The summed E-state index contributed by atoms with van der Waals surface area (Å²) in [7, 11) is 0. The summed E-state index contributed by atoms with van der Waals surface area (Å²) in [4.78, 5) is 15.0. The predicted octanol–water partition coefficient (Wildman–Crippen LogP) is 4.72. The average Bonchev–Trinajstić information content (AvgIpc) is 2.87. The number of hydrogen-bond donors (Lipinski definition) is 2. The lowest BCUT2D eigenvalue weighted by molar-refractivity contribution is -0.111. The maximum atomic E-state index is 13.1. The number of carbonyl (C=O) groups excluding carboxylic acids is 1. The van der Waals surface area contributed by atoms with Crippen molar-refractivity contribution in [3.63, 3.8) is 0 Å². The summed E-state index contributed by atoms with van der Waals surface area (Å²) in [6.07, 6.45) is 4.99. The van der Waals surface area contributed by atoms with Crippen LogP contribution in [0.1, 0.15) is 5.56 Å². The minimum atomic E-state index is -0.385. The van der Waals surface area contributed by atoms with Crippen molar-refractivity contribution in [2.75, 3.05) is 5.32 Å². The van der Waals surface area contributed by atoms with Gasteiger partial charge in [0.25, 0.3) is 0 Å². The molecule has 1 heterocycles. The highest BCUT2D eigenvalue weighted by Crippen LogP contribution is 2.23. The minimum Gasteiger partial charge on any atom is -0.361 e. The molecule has 1 amide bonds. The van der Waals surface area contributed by atoms with Gasteiger partial charge in [-0.25, -0.2) is 4.39 Å². The van der Waals surface area contributed by atoms with Crippen molar-refractivity contribution in [3.05, 3.63) is 70.6 Å². The van der Waals surface area contributed by atoms with Crippen molar-refractivity contribution >= 4 is 44.5 Å². The van der Waals surface area contributed by atoms with Crippen LogP contribution in [0.3, 0.4) is 0 Å². The van der Waals surface area contributed by atoms with Crippen LogP contribution in [0.15, 0.2) is 59.2 Å². The second-order valence-electron chi connectivity index (χ2n) is 4.77. The van der Waals surface area contributed by atoms with Crippen molar-refractivity contribution in [2.45, 2.75) is 0 Å². The lowest BCUT2D eigenvalue weighted by Crippen LogP contribution is -2.07. The molecule has 2 aromatic carbocycles. The summed E-state index contributed by atoms with van der Waals surface area (Å²) in [6, 6.07) is 11.7. The zero-order chi connectivity index (χ0) is 15.5. The largest absolute Gasteiger partial charge is 0.361 e. The molecule has 5 heteroatoms. The second-order valence-corrected chi connectivity index (χ2v) is 5.68. The quantitative estimate of drug-likeness (QED) is 0.653. The average molecular weight is 359 g/mol. The van der Waals surface area contributed by atoms with E-state index in [1.54, 1.807) is 18.2 Å². The molecule has 110 valence electrons. The highest BCUT2D eigenvalue weighted by molar-refractivity contribution is 9.10. The Morgan fingerprint density at radius 1 is 1.23 bits per heavy atom. The highest BCUT2D eigenvalue weighted by atomic mass is 79.9. The third-order valence-electron chi connectivity index (χ3n) is 3.18. The van der Waals surface area contributed by atoms with Gasteiger partial charge in [-0.2, -0.15) is 0 Å². The number of halogens is 2. The van der Waals surface area contributed by atoms with Gasteiger partial charge in [-0.05, 0) is 42.0 Å². The highest BCUT2D eigenvalue weighted by Gasteiger charge is 2.03. The Morgan fingerprint density at radius 3 is 2.91 bits per heavy atom. The predicted molar refractivity (Wildman–Crippen MR) is 90.1 cm³/mol. The topological polar surface area (TPSA) is 44.9 Å². The maximum absolute atomic E-state index is 13.1. The van der Waals surface area contributed by atoms with Gasteiger partial charge in [0.1, 0.15) is 5.82 Å². The first-order valence-corrected chi connectivity index (χ1v) is 7.42. The van der Waals surface area contributed by atoms with Gasteiger partial charge in [-0.1, -0.05) is 28.1 Å². The number of amides is 1. The van der Waals surface area contributed by atoms with Crippen LogP contribution in [0.2, 0.25) is 0 Å². The Kier molecular flexibility index (Phi) is 4.06. The number of rotatable bonds is 3. The number of aromatic nitrogens is 1. The number of benzene rings is 2. The van der Waals surface area contributed by atoms with E-state index >= 15 is 0 Å². The van der Waals surface area contributed by atoms with Crippen molar-refractivity contribution in [3.8, 4) is 0 Å². The molecule has 3 aromatic rings. The maximum Gasteiger partial charge on any atom is 0.248 e. The fraction of sp³-hybridized carbons (Fsp3) is 0. The van der Waals surface area contributed by atoms with Crippen molar-refractivity contribution < 1.29 is 9.18 Å². The van der Waals surface area contributed by atoms with E-state index in [1.807, 2.05) is 24.4 Å². The molecule has 0 atom stereocenters. The standard InChI is InChI=1S/C17H12BrFN2O/c18-12-5-6-15-11(10-20-16(15)8-12)4-7-17(22)21-14-3-1-2-13(19)9-14/h1-10,20H,(H,21,22). The Morgan fingerprint density at radius 2 is 2.09 bits per heavy atom. The molecule has 1 aromatic heterocycles. The molecule has 2 N–H and O–H groups in total. The van der Waals surface area contributed by atoms with Crippen LogP contribution in [0.5, 0.6) is 0 Å². The summed E-state index contributed by atoms with van der Waals surface area (Å²) in [5.74, 6) is -0.693. The van der Waals surface area contributed by atoms with E-state index in [1.165, 1.54) is 18.2 Å². The molecule has 0 spiro atoms. The third-order valence-corrected chi connectivity index (χ3v) is 3.68. The van der Waals surface area contributed by atoms with Crippen molar-refractivity contribution in [1.82, 2.24) is 4.98 Å². The van der Waals surface area contributed by atoms with Crippen LogP contribution >= 0.6 is 15.9 Å². The molecule has 0 saturated heterocycles. The normalized spacial score (nSPS) is 11.2. The van der Waals surface area contributed by atoms with Crippen molar-refractivity contribution in [2.24, 2.45) is 0 Å². The van der Waals surface area contributed by atoms with Crippen molar-refractivity contribution in [1.29, 1.82) is 0 Å². The summed E-state index contributed by atoms with van der Waals surface area (Å²) in [6.45, 7) is 0. The van der Waals surface area contributed by atoms with Gasteiger partial charge in [-0.15, -0.1) is 0 Å². The molecule has 0 bridgehead atoms. The van der Waals surface area contributed by atoms with E-state index in [0.717, 1.165) is 20.9 Å². The Hall–Kier alpha value is -2.40. The van der Waals surface area contributed by atoms with E-state index in [-0.39, 0.29) is 11.7 Å². The number of H-pyrrole nitrogens is 1. The number of anilines is 1. The first-order chi connectivity index (χ1) is 10.6. The number of hydrogen-bond acceptors (Lipinski definition) is 1. The van der Waals surface area contributed by atoms with Gasteiger partial charge >= 0.3 is 0 Å². The van der Waals surface area contributed by atoms with Crippen LogP contribution in [-0.2, 0) is 4.79 Å². The monoisotopic (exact) mass is 358 g/mol. The van der Waals surface area contributed by atoms with Crippen LogP contribution in [0, 0.1) is 5.82 Å². The van der Waals surface area contributed by atoms with Gasteiger partial charge in [0.15, 0.2) is 0 Å². The van der Waals surface area contributed by atoms with Gasteiger partial charge in [-0.3, -0.25) is 4.79 Å². The summed E-state index contributed by atoms with van der Waals surface area (Å²) in [5, 5.41) is 3.64. The fourth-order valence-electron chi connectivity index (χ4n) is 2.17. The van der Waals surface area contributed by atoms with Crippen LogP contribution < -0.4 is 5.32 Å². The van der Waals surface area contributed by atoms with E-state index in [2.05, 4.69) is 26.2 Å². The van der Waals surface area contributed by atoms with Crippen LogP contribution in [0.4, 0.5) is 10.1 Å². The van der Waals surface area contributed by atoms with E-state index in [4.69, 9.17) is 0 Å². The third kappa shape index (κ3) is 3.26. The van der Waals surface area contributed by atoms with Gasteiger partial charge in [0.05, 0.1) is 0 Å². The smallest absolute Gasteiger partial charge is 0.248 e. The van der Waals surface area contributed by atoms with Crippen LogP contribution in [-0.4, -0.2) is 10.9 Å². The summed E-state index contributed by atoms with van der Waals surface area (Å²) in [5.41, 5.74) is 2.33. The Balaban J connectivity index is 1.76. The molecule has 3 rings (SSSR count). The molecular formula is C17H12BrFN2O. The van der Waals surface area contributed by atoms with E-state index in [9.17, 15) is 9.18 Å². The lowest BCUT2D eigenvalue weighted by Gasteiger charge is -2.01. The summed E-state index contributed by atoms with van der Waals surface area (Å²) >= 11 is 3.41. The molecule has 0 saturated carbocycles. The summed E-state index contributed by atoms with van der Waals surface area (Å²) < 4.78 is 14.0. The number of nitrogens with one attached hydrogen (secondary N) is 2. The Bertz CT molecular complexity index is 870. The zero-order valence-corrected chi connectivity index (χ0v) is 13.0. The fourth-order valence-corrected chi connectivity index (χ4v) is 2.54. The lowest BCUT2D eigenvalue weighted by atomic mass is 10.1. The van der Waals surface area contributed by atoms with Gasteiger partial charge in [0.2, 0.25) is 5.91 Å². The Labute approximate surface area is 135 Å². The number of aromatic amines is 1. The number of carbonyl (C=O) groups is 1. The number of fused-ring (bicyclic) bond motifs is 1. The molecule has 0 unspecified atom stereocenters. The molecule has 0 fully saturated rings. The first kappa shape index (κ1) is 14.5. The molecule has 0 aliphatic carbocycles. The van der Waals surface area contributed by atoms with E-state index < -0.39 is 0 Å². The van der Waals surface area contributed by atoms with E-state index in [0.29, 0.717) is 5.69 Å². The molecule has 3 nitrogen and oxygen atoms in total. The zero-order valence-electron chi connectivity index (χ0n) is 11.4. The molecule has 0 aliphatic heterocycles. The second kappa shape index (κ2) is 6.15. The SMILES string of the molecule is O=C(C=Cc1c[nH]c2cc(Br)ccc12)Nc1cccc(F)c1. The molecule has 0 aliphatic rings. The van der Waals surface area contributed by atoms with Crippen LogP contribution in [0.25, 0.3) is 17.0 Å². The minimum absolute atomic E-state index is 0.308. The molecular weight excluding hydrogens is 347 g/mol. The molecule has 0 radical (unpaired) electrons. The molecule has 22 heavy (non-hydrogen) atoms. The van der Waals surface area contributed by atoms with Gasteiger partial charge in [0, 0.05) is 33.3 Å². The van der Waals surface area contributed by atoms with Gasteiger partial charge < -0.3 is 10.3 Å².